The van der Waals surface area contributed by atoms with E-state index in [-0.39, 0.29) is 37.0 Å². The number of aliphatic hydroxyl groups excluding tert-OH is 1. The van der Waals surface area contributed by atoms with Crippen LogP contribution in [0.25, 0.3) is 22.8 Å². The lowest BCUT2D eigenvalue weighted by molar-refractivity contribution is -0.132. The zero-order chi connectivity index (χ0) is 24.0. The minimum atomic E-state index is -0.953. The van der Waals surface area contributed by atoms with Crippen LogP contribution in [0.2, 0.25) is 0 Å². The molecule has 0 radical (unpaired) electrons. The molecule has 1 amide bonds. The standard InChI is InChI=1S/C25H25N5O4/c1-14(2)33-21-7-6-15(10-16(21)13-26)24-28-23(29-34-24)18-4-3-5-20-19(18)11-17-12-22(32)30(8-9-31)25(17,20)27/h3-7,10,14,17,31H,8-9,11-12,27H2,1-2H3/t17-,25+/m1/s1. The van der Waals surface area contributed by atoms with Crippen molar-refractivity contribution in [2.24, 2.45) is 11.7 Å². The second-order valence-electron chi connectivity index (χ2n) is 8.94. The highest BCUT2D eigenvalue weighted by molar-refractivity contribution is 5.82. The van der Waals surface area contributed by atoms with Gasteiger partial charge in [-0.3, -0.25) is 4.79 Å². The Kier molecular flexibility index (Phi) is 5.35. The van der Waals surface area contributed by atoms with E-state index in [1.54, 1.807) is 23.1 Å². The molecule has 174 valence electrons. The van der Waals surface area contributed by atoms with Crippen LogP contribution in [0.3, 0.4) is 0 Å². The van der Waals surface area contributed by atoms with E-state index >= 15 is 0 Å². The molecular weight excluding hydrogens is 434 g/mol. The molecule has 3 N–H and O–H groups in total. The number of aromatic nitrogens is 2. The predicted molar refractivity (Wildman–Crippen MR) is 122 cm³/mol. The van der Waals surface area contributed by atoms with Crippen LogP contribution in [0.15, 0.2) is 40.9 Å². The van der Waals surface area contributed by atoms with E-state index in [9.17, 15) is 15.2 Å². The first kappa shape index (κ1) is 22.1. The summed E-state index contributed by atoms with van der Waals surface area (Å²) in [7, 11) is 0. The van der Waals surface area contributed by atoms with Crippen molar-refractivity contribution in [3.8, 4) is 34.7 Å². The first-order chi connectivity index (χ1) is 16.4. The van der Waals surface area contributed by atoms with Crippen molar-refractivity contribution >= 4 is 5.91 Å². The fourth-order valence-corrected chi connectivity index (χ4v) is 5.10. The molecule has 0 saturated carbocycles. The number of hydrogen-bond donors (Lipinski definition) is 2. The summed E-state index contributed by atoms with van der Waals surface area (Å²) in [6, 6.07) is 13.0. The van der Waals surface area contributed by atoms with Crippen LogP contribution in [0.4, 0.5) is 0 Å². The fourth-order valence-electron chi connectivity index (χ4n) is 5.10. The Labute approximate surface area is 196 Å². The molecule has 0 spiro atoms. The SMILES string of the molecule is CC(C)Oc1ccc(-c2nc(-c3cccc4c3C[C@@H]3CC(=O)N(CCO)[C@]43N)no2)cc1C#N. The van der Waals surface area contributed by atoms with Gasteiger partial charge in [-0.05, 0) is 49.6 Å². The van der Waals surface area contributed by atoms with E-state index in [0.717, 1.165) is 16.7 Å². The summed E-state index contributed by atoms with van der Waals surface area (Å²) in [5.41, 5.74) is 9.49. The van der Waals surface area contributed by atoms with Crippen molar-refractivity contribution in [2.75, 3.05) is 13.2 Å². The maximum absolute atomic E-state index is 12.5. The summed E-state index contributed by atoms with van der Waals surface area (Å²) in [6.07, 6.45) is 0.894. The van der Waals surface area contributed by atoms with Crippen LogP contribution in [-0.2, 0) is 16.9 Å². The normalized spacial score (nSPS) is 21.0. The van der Waals surface area contributed by atoms with E-state index < -0.39 is 5.66 Å². The van der Waals surface area contributed by atoms with Gasteiger partial charge < -0.3 is 25.0 Å². The molecule has 1 aliphatic carbocycles. The summed E-state index contributed by atoms with van der Waals surface area (Å²) in [5.74, 6) is 1.08. The number of aliphatic hydroxyl groups is 1. The molecule has 0 unspecified atom stereocenters. The van der Waals surface area contributed by atoms with Crippen molar-refractivity contribution in [2.45, 2.75) is 38.5 Å². The van der Waals surface area contributed by atoms with Crippen LogP contribution in [0.1, 0.15) is 37.0 Å². The Morgan fingerprint density at radius 1 is 1.35 bits per heavy atom. The number of nitrogens with zero attached hydrogens (tertiary/aromatic N) is 4. The zero-order valence-corrected chi connectivity index (χ0v) is 19.0. The monoisotopic (exact) mass is 459 g/mol. The Morgan fingerprint density at radius 2 is 2.18 bits per heavy atom. The summed E-state index contributed by atoms with van der Waals surface area (Å²) in [6.45, 7) is 3.85. The lowest BCUT2D eigenvalue weighted by Gasteiger charge is -2.35. The van der Waals surface area contributed by atoms with E-state index in [4.69, 9.17) is 15.0 Å². The summed E-state index contributed by atoms with van der Waals surface area (Å²) >= 11 is 0. The van der Waals surface area contributed by atoms with Gasteiger partial charge in [0, 0.05) is 30.0 Å². The van der Waals surface area contributed by atoms with Crippen LogP contribution in [0, 0.1) is 17.2 Å². The maximum Gasteiger partial charge on any atom is 0.258 e. The number of likely N-dealkylation sites (tertiary alicyclic amines) is 1. The van der Waals surface area contributed by atoms with Crippen molar-refractivity contribution < 1.29 is 19.2 Å². The number of hydrogen-bond acceptors (Lipinski definition) is 8. The first-order valence-corrected chi connectivity index (χ1v) is 11.2. The van der Waals surface area contributed by atoms with Crippen molar-refractivity contribution in [3.05, 3.63) is 53.1 Å². The lowest BCUT2D eigenvalue weighted by atomic mass is 9.94. The number of rotatable bonds is 6. The van der Waals surface area contributed by atoms with E-state index in [0.29, 0.717) is 35.5 Å². The number of carbonyl (C=O) groups is 1. The van der Waals surface area contributed by atoms with Gasteiger partial charge in [-0.15, -0.1) is 0 Å². The Bertz CT molecular complexity index is 1310. The van der Waals surface area contributed by atoms with Crippen LogP contribution in [-0.4, -0.2) is 45.3 Å². The van der Waals surface area contributed by atoms with Crippen molar-refractivity contribution in [1.82, 2.24) is 15.0 Å². The van der Waals surface area contributed by atoms with Crippen molar-refractivity contribution in [1.29, 1.82) is 5.26 Å². The minimum Gasteiger partial charge on any atom is -0.490 e. The number of benzene rings is 2. The van der Waals surface area contributed by atoms with Crippen LogP contribution < -0.4 is 10.5 Å². The third-order valence-corrected chi connectivity index (χ3v) is 6.55. The highest BCUT2D eigenvalue weighted by Gasteiger charge is 2.56. The largest absolute Gasteiger partial charge is 0.490 e. The topological polar surface area (TPSA) is 138 Å². The van der Waals surface area contributed by atoms with Gasteiger partial charge >= 0.3 is 0 Å². The van der Waals surface area contributed by atoms with Gasteiger partial charge in [-0.25, -0.2) is 0 Å². The number of nitriles is 1. The molecular formula is C25H25N5O4. The summed E-state index contributed by atoms with van der Waals surface area (Å²) < 4.78 is 11.2. The van der Waals surface area contributed by atoms with Gasteiger partial charge in [0.2, 0.25) is 11.7 Å². The number of nitrogens with two attached hydrogens (primary N) is 1. The molecule has 1 aromatic heterocycles. The third-order valence-electron chi connectivity index (χ3n) is 6.55. The van der Waals surface area contributed by atoms with Crippen LogP contribution >= 0.6 is 0 Å². The van der Waals surface area contributed by atoms with E-state index in [1.165, 1.54) is 0 Å². The molecule has 2 atom stereocenters. The van der Waals surface area contributed by atoms with E-state index in [2.05, 4.69) is 16.2 Å². The van der Waals surface area contributed by atoms with Gasteiger partial charge in [-0.1, -0.05) is 23.4 Å². The number of carbonyl (C=O) groups excluding carboxylic acids is 1. The molecule has 2 aromatic carbocycles. The molecule has 0 bridgehead atoms. The Morgan fingerprint density at radius 3 is 2.91 bits per heavy atom. The van der Waals surface area contributed by atoms with E-state index in [1.807, 2.05) is 32.0 Å². The molecule has 2 aliphatic rings. The second kappa shape index (κ2) is 8.24. The highest BCUT2D eigenvalue weighted by atomic mass is 16.5. The predicted octanol–water partition coefficient (Wildman–Crippen LogP) is 2.57. The number of β-amino-alcohol motifs (C(OH)–C–C–N with tert-alkyl or cyclic N) is 1. The number of fused-ring (bicyclic) bond motifs is 3. The molecule has 1 fully saturated rings. The van der Waals surface area contributed by atoms with Crippen molar-refractivity contribution in [3.63, 3.8) is 0 Å². The molecule has 3 aromatic rings. The summed E-state index contributed by atoms with van der Waals surface area (Å²) in [4.78, 5) is 18.7. The van der Waals surface area contributed by atoms with Gasteiger partial charge in [0.1, 0.15) is 17.5 Å². The smallest absolute Gasteiger partial charge is 0.258 e. The van der Waals surface area contributed by atoms with Gasteiger partial charge in [0.15, 0.2) is 0 Å². The Balaban J connectivity index is 1.51. The summed E-state index contributed by atoms with van der Waals surface area (Å²) in [5, 5.41) is 23.2. The minimum absolute atomic E-state index is 0.0439. The van der Waals surface area contributed by atoms with Gasteiger partial charge in [0.25, 0.3) is 5.89 Å². The van der Waals surface area contributed by atoms with Gasteiger partial charge in [0.05, 0.1) is 18.3 Å². The van der Waals surface area contributed by atoms with Crippen LogP contribution in [0.5, 0.6) is 5.75 Å². The first-order valence-electron chi connectivity index (χ1n) is 11.2. The molecule has 5 rings (SSSR count). The number of amides is 1. The molecule has 1 aliphatic heterocycles. The third kappa shape index (κ3) is 3.34. The molecule has 1 saturated heterocycles. The lowest BCUT2D eigenvalue weighted by Crippen LogP contribution is -2.53. The fraction of sp³-hybridized carbons (Fsp3) is 0.360. The number of ether oxygens (including phenoxy) is 1. The Hall–Kier alpha value is -3.74. The van der Waals surface area contributed by atoms with Gasteiger partial charge in [-0.2, -0.15) is 10.2 Å². The molecule has 9 heteroatoms. The molecule has 9 nitrogen and oxygen atoms in total. The quantitative estimate of drug-likeness (QED) is 0.573. The molecule has 34 heavy (non-hydrogen) atoms. The average molecular weight is 460 g/mol. The highest BCUT2D eigenvalue weighted by Crippen LogP contribution is 2.50. The average Bonchev–Trinajstić information content (AvgIpc) is 3.47. The maximum atomic E-state index is 12.5. The second-order valence-corrected chi connectivity index (χ2v) is 8.94. The molecule has 2 heterocycles. The zero-order valence-electron chi connectivity index (χ0n) is 19.0.